The van der Waals surface area contributed by atoms with E-state index in [1.165, 1.54) is 5.56 Å². The molecule has 0 saturated carbocycles. The van der Waals surface area contributed by atoms with E-state index in [4.69, 9.17) is 15.2 Å². The minimum Gasteiger partial charge on any atom is -0.466 e. The van der Waals surface area contributed by atoms with Crippen LogP contribution in [0.5, 0.6) is 5.75 Å². The van der Waals surface area contributed by atoms with Crippen molar-refractivity contribution in [2.24, 2.45) is 5.73 Å². The van der Waals surface area contributed by atoms with E-state index in [9.17, 15) is 0 Å². The summed E-state index contributed by atoms with van der Waals surface area (Å²) in [5.74, 6) is 0.915. The Balaban J connectivity index is 2.24. The molecule has 4 heteroatoms. The van der Waals surface area contributed by atoms with Crippen molar-refractivity contribution in [1.82, 2.24) is 0 Å². The smallest absolute Gasteiger partial charge is 0.189 e. The zero-order valence-electron chi connectivity index (χ0n) is 8.46. The fraction of sp³-hybridized carbons (Fsp3) is 0.455. The molecule has 15 heavy (non-hydrogen) atoms. The number of halogens is 1. The predicted molar refractivity (Wildman–Crippen MR) is 61.8 cm³/mol. The standard InChI is InChI=1S/C11H14BrNO2/c12-10-5-8(2-1-3-13)4-9-6-14-7-15-11(9)10/h4-5H,1-3,6-7,13H2. The lowest BCUT2D eigenvalue weighted by atomic mass is 10.1. The first-order valence-corrected chi connectivity index (χ1v) is 5.82. The van der Waals surface area contributed by atoms with Crippen molar-refractivity contribution in [3.05, 3.63) is 27.7 Å². The minimum atomic E-state index is 0.341. The third-order valence-electron chi connectivity index (χ3n) is 2.39. The van der Waals surface area contributed by atoms with Crippen molar-refractivity contribution in [2.45, 2.75) is 19.4 Å². The Morgan fingerprint density at radius 1 is 1.40 bits per heavy atom. The van der Waals surface area contributed by atoms with Crippen molar-refractivity contribution in [3.8, 4) is 5.75 Å². The van der Waals surface area contributed by atoms with Crippen LogP contribution in [0.3, 0.4) is 0 Å². The van der Waals surface area contributed by atoms with Crippen LogP contribution < -0.4 is 10.5 Å². The topological polar surface area (TPSA) is 44.5 Å². The molecule has 0 spiro atoms. The van der Waals surface area contributed by atoms with E-state index in [0.29, 0.717) is 13.4 Å². The number of hydrogen-bond donors (Lipinski definition) is 1. The number of hydrogen-bond acceptors (Lipinski definition) is 3. The zero-order chi connectivity index (χ0) is 10.7. The molecule has 0 aromatic heterocycles. The summed E-state index contributed by atoms with van der Waals surface area (Å²) < 4.78 is 11.7. The normalized spacial score (nSPS) is 14.5. The molecular formula is C11H14BrNO2. The first-order valence-electron chi connectivity index (χ1n) is 5.03. The fourth-order valence-corrected chi connectivity index (χ4v) is 2.35. The Hall–Kier alpha value is -0.580. The van der Waals surface area contributed by atoms with Crippen molar-refractivity contribution < 1.29 is 9.47 Å². The van der Waals surface area contributed by atoms with Gasteiger partial charge in [-0.3, -0.25) is 0 Å². The molecule has 1 aliphatic heterocycles. The quantitative estimate of drug-likeness (QED) is 0.917. The van der Waals surface area contributed by atoms with Crippen LogP contribution in [0.1, 0.15) is 17.5 Å². The number of aryl methyl sites for hydroxylation is 1. The molecule has 0 unspecified atom stereocenters. The van der Waals surface area contributed by atoms with Gasteiger partial charge in [0.25, 0.3) is 0 Å². The zero-order valence-corrected chi connectivity index (χ0v) is 10.0. The third-order valence-corrected chi connectivity index (χ3v) is 2.98. The summed E-state index contributed by atoms with van der Waals surface area (Å²) in [4.78, 5) is 0. The Morgan fingerprint density at radius 2 is 2.27 bits per heavy atom. The summed E-state index contributed by atoms with van der Waals surface area (Å²) in [5, 5.41) is 0. The average Bonchev–Trinajstić information content (AvgIpc) is 2.26. The van der Waals surface area contributed by atoms with Gasteiger partial charge in [0.2, 0.25) is 0 Å². The molecule has 0 aliphatic carbocycles. The lowest BCUT2D eigenvalue weighted by Crippen LogP contribution is -2.12. The maximum atomic E-state index is 5.49. The highest BCUT2D eigenvalue weighted by Crippen LogP contribution is 2.33. The van der Waals surface area contributed by atoms with E-state index in [-0.39, 0.29) is 0 Å². The summed E-state index contributed by atoms with van der Waals surface area (Å²) in [5.41, 5.74) is 7.88. The molecule has 1 aliphatic rings. The molecular weight excluding hydrogens is 258 g/mol. The van der Waals surface area contributed by atoms with Gasteiger partial charge in [0.1, 0.15) is 5.75 Å². The number of ether oxygens (including phenoxy) is 2. The summed E-state index contributed by atoms with van der Waals surface area (Å²) in [6, 6.07) is 4.23. The number of nitrogens with two attached hydrogens (primary N) is 1. The molecule has 0 amide bonds. The van der Waals surface area contributed by atoms with Gasteiger partial charge >= 0.3 is 0 Å². The van der Waals surface area contributed by atoms with Crippen LogP contribution in [-0.2, 0) is 17.8 Å². The van der Waals surface area contributed by atoms with Crippen molar-refractivity contribution in [2.75, 3.05) is 13.3 Å². The summed E-state index contributed by atoms with van der Waals surface area (Å²) in [6.45, 7) is 1.69. The lowest BCUT2D eigenvalue weighted by molar-refractivity contribution is -0.0169. The second kappa shape index (κ2) is 4.96. The second-order valence-corrected chi connectivity index (χ2v) is 4.42. The van der Waals surface area contributed by atoms with Gasteiger partial charge in [0.15, 0.2) is 6.79 Å². The van der Waals surface area contributed by atoms with Crippen molar-refractivity contribution in [3.63, 3.8) is 0 Å². The van der Waals surface area contributed by atoms with Gasteiger partial charge < -0.3 is 15.2 Å². The van der Waals surface area contributed by atoms with E-state index < -0.39 is 0 Å². The average molecular weight is 272 g/mol. The van der Waals surface area contributed by atoms with Gasteiger partial charge in [-0.1, -0.05) is 0 Å². The molecule has 2 rings (SSSR count). The molecule has 0 fully saturated rings. The maximum absolute atomic E-state index is 5.49. The Bertz CT molecular complexity index is 355. The fourth-order valence-electron chi connectivity index (χ4n) is 1.68. The van der Waals surface area contributed by atoms with E-state index in [2.05, 4.69) is 28.1 Å². The first-order chi connectivity index (χ1) is 7.31. The van der Waals surface area contributed by atoms with Crippen molar-refractivity contribution in [1.29, 1.82) is 0 Å². The molecule has 82 valence electrons. The Morgan fingerprint density at radius 3 is 3.07 bits per heavy atom. The second-order valence-electron chi connectivity index (χ2n) is 3.57. The molecule has 0 atom stereocenters. The Labute approximate surface area is 97.7 Å². The first kappa shape index (κ1) is 10.9. The number of fused-ring (bicyclic) bond motifs is 1. The van der Waals surface area contributed by atoms with Gasteiger partial charge in [-0.15, -0.1) is 0 Å². The van der Waals surface area contributed by atoms with Crippen LogP contribution in [0, 0.1) is 0 Å². The van der Waals surface area contributed by atoms with Gasteiger partial charge in [-0.25, -0.2) is 0 Å². The molecule has 1 heterocycles. The van der Waals surface area contributed by atoms with Gasteiger partial charge in [-0.05, 0) is 53.0 Å². The van der Waals surface area contributed by atoms with E-state index >= 15 is 0 Å². The van der Waals surface area contributed by atoms with Gasteiger partial charge in [0.05, 0.1) is 11.1 Å². The third kappa shape index (κ3) is 2.51. The van der Waals surface area contributed by atoms with E-state index in [1.807, 2.05) is 0 Å². The predicted octanol–water partition coefficient (Wildman–Crippen LogP) is 2.21. The molecule has 2 N–H and O–H groups in total. The minimum absolute atomic E-state index is 0.341. The molecule has 0 radical (unpaired) electrons. The van der Waals surface area contributed by atoms with Crippen LogP contribution in [0.15, 0.2) is 16.6 Å². The highest BCUT2D eigenvalue weighted by molar-refractivity contribution is 9.10. The summed E-state index contributed by atoms with van der Waals surface area (Å²) in [6.07, 6.45) is 2.01. The maximum Gasteiger partial charge on any atom is 0.189 e. The van der Waals surface area contributed by atoms with E-state index in [1.54, 1.807) is 0 Å². The van der Waals surface area contributed by atoms with E-state index in [0.717, 1.165) is 35.2 Å². The molecule has 0 saturated heterocycles. The highest BCUT2D eigenvalue weighted by atomic mass is 79.9. The number of rotatable bonds is 3. The summed E-state index contributed by atoms with van der Waals surface area (Å²) >= 11 is 3.51. The van der Waals surface area contributed by atoms with Crippen LogP contribution >= 0.6 is 15.9 Å². The largest absolute Gasteiger partial charge is 0.466 e. The van der Waals surface area contributed by atoms with Crippen LogP contribution in [0.2, 0.25) is 0 Å². The molecule has 1 aromatic carbocycles. The Kier molecular flexibility index (Phi) is 3.61. The lowest BCUT2D eigenvalue weighted by Gasteiger charge is -2.19. The van der Waals surface area contributed by atoms with Gasteiger partial charge in [-0.2, -0.15) is 0 Å². The molecule has 1 aromatic rings. The SMILES string of the molecule is NCCCc1cc(Br)c2c(c1)COCO2. The molecule has 0 bridgehead atoms. The van der Waals surface area contributed by atoms with Crippen molar-refractivity contribution >= 4 is 15.9 Å². The van der Waals surface area contributed by atoms with Crippen LogP contribution in [-0.4, -0.2) is 13.3 Å². The van der Waals surface area contributed by atoms with Crippen LogP contribution in [0.25, 0.3) is 0 Å². The molecule has 3 nitrogen and oxygen atoms in total. The summed E-state index contributed by atoms with van der Waals surface area (Å²) in [7, 11) is 0. The highest BCUT2D eigenvalue weighted by Gasteiger charge is 2.14. The number of benzene rings is 1. The monoisotopic (exact) mass is 271 g/mol. The van der Waals surface area contributed by atoms with Crippen LogP contribution in [0.4, 0.5) is 0 Å². The van der Waals surface area contributed by atoms with Gasteiger partial charge in [0, 0.05) is 5.56 Å².